The molecule has 2 N–H and O–H groups in total. The maximum atomic E-state index is 5.26. The van der Waals surface area contributed by atoms with Gasteiger partial charge in [0.05, 0.1) is 0 Å². The topological polar surface area (TPSA) is 24.1 Å². The van der Waals surface area contributed by atoms with Crippen molar-refractivity contribution in [1.82, 2.24) is 10.6 Å². The summed E-state index contributed by atoms with van der Waals surface area (Å²) in [5, 5.41) is 7.39. The van der Waals surface area contributed by atoms with Gasteiger partial charge >= 0.3 is 0 Å². The Morgan fingerprint density at radius 1 is 0.929 bits per heavy atom. The minimum absolute atomic E-state index is 0.0773. The average molecular weight is 216 g/mol. The molecule has 0 heterocycles. The average Bonchev–Trinajstić information content (AvgIpc) is 2.02. The van der Waals surface area contributed by atoms with Crippen LogP contribution in [0.15, 0.2) is 0 Å². The van der Waals surface area contributed by atoms with Crippen LogP contribution in [-0.2, 0) is 0 Å². The van der Waals surface area contributed by atoms with Gasteiger partial charge < -0.3 is 10.6 Å². The van der Waals surface area contributed by atoms with Crippen molar-refractivity contribution in [2.24, 2.45) is 0 Å². The van der Waals surface area contributed by atoms with Gasteiger partial charge in [-0.25, -0.2) is 0 Å². The van der Waals surface area contributed by atoms with E-state index in [1.807, 2.05) is 0 Å². The molecule has 0 unspecified atom stereocenters. The second-order valence-corrected chi connectivity index (χ2v) is 5.46. The third-order valence-corrected chi connectivity index (χ3v) is 2.88. The molecule has 0 aliphatic carbocycles. The van der Waals surface area contributed by atoms with E-state index in [1.54, 1.807) is 0 Å². The van der Waals surface area contributed by atoms with Crippen LogP contribution in [-0.4, -0.2) is 16.2 Å². The van der Waals surface area contributed by atoms with Crippen LogP contribution in [0.25, 0.3) is 0 Å². The summed E-state index contributed by atoms with van der Waals surface area (Å²) < 4.78 is 0. The highest BCUT2D eigenvalue weighted by atomic mass is 32.1. The predicted molar refractivity (Wildman–Crippen MR) is 67.6 cm³/mol. The van der Waals surface area contributed by atoms with Gasteiger partial charge in [0.1, 0.15) is 0 Å². The predicted octanol–water partition coefficient (Wildman–Crippen LogP) is 2.83. The van der Waals surface area contributed by atoms with E-state index in [1.165, 1.54) is 0 Å². The highest BCUT2D eigenvalue weighted by Crippen LogP contribution is 2.09. The van der Waals surface area contributed by atoms with E-state index in [0.717, 1.165) is 18.0 Å². The Bertz CT molecular complexity index is 177. The van der Waals surface area contributed by atoms with E-state index >= 15 is 0 Å². The number of hydrogen-bond acceptors (Lipinski definition) is 1. The second-order valence-electron chi connectivity index (χ2n) is 5.05. The number of nitrogens with one attached hydrogen (secondary N) is 2. The first kappa shape index (κ1) is 13.7. The van der Waals surface area contributed by atoms with Gasteiger partial charge in [0, 0.05) is 11.1 Å². The Hall–Kier alpha value is -0.310. The molecule has 0 radical (unpaired) electrons. The SMILES string of the molecule is CCC(C)(C)NC(=S)NC(C)(C)CC. The molecule has 0 fully saturated rings. The Morgan fingerprint density at radius 3 is 1.43 bits per heavy atom. The van der Waals surface area contributed by atoms with Crippen LogP contribution in [0.3, 0.4) is 0 Å². The molecule has 0 saturated heterocycles. The molecule has 0 rings (SSSR count). The zero-order valence-electron chi connectivity index (χ0n) is 10.3. The van der Waals surface area contributed by atoms with Gasteiger partial charge in [0.2, 0.25) is 0 Å². The molecule has 0 aliphatic rings. The van der Waals surface area contributed by atoms with E-state index in [-0.39, 0.29) is 11.1 Å². The number of thiocarbonyl (C=S) groups is 1. The lowest BCUT2D eigenvalue weighted by Gasteiger charge is -2.32. The molecule has 84 valence electrons. The first-order valence-electron chi connectivity index (χ1n) is 5.33. The van der Waals surface area contributed by atoms with Crippen molar-refractivity contribution in [1.29, 1.82) is 0 Å². The second kappa shape index (κ2) is 4.96. The lowest BCUT2D eigenvalue weighted by atomic mass is 10.0. The van der Waals surface area contributed by atoms with Crippen molar-refractivity contribution >= 4 is 17.3 Å². The molecule has 0 aromatic carbocycles. The van der Waals surface area contributed by atoms with Crippen LogP contribution >= 0.6 is 12.2 Å². The van der Waals surface area contributed by atoms with Crippen molar-refractivity contribution in [2.45, 2.75) is 65.5 Å². The molecular weight excluding hydrogens is 192 g/mol. The Balaban J connectivity index is 4.12. The van der Waals surface area contributed by atoms with Crippen LogP contribution in [0.2, 0.25) is 0 Å². The van der Waals surface area contributed by atoms with Crippen LogP contribution in [0.5, 0.6) is 0 Å². The fourth-order valence-electron chi connectivity index (χ4n) is 0.823. The molecule has 0 atom stereocenters. The highest BCUT2D eigenvalue weighted by Gasteiger charge is 2.20. The van der Waals surface area contributed by atoms with Crippen molar-refractivity contribution in [2.75, 3.05) is 0 Å². The summed E-state index contributed by atoms with van der Waals surface area (Å²) in [5.74, 6) is 0. The molecule has 0 amide bonds. The van der Waals surface area contributed by atoms with E-state index in [9.17, 15) is 0 Å². The van der Waals surface area contributed by atoms with E-state index in [0.29, 0.717) is 0 Å². The van der Waals surface area contributed by atoms with Crippen LogP contribution in [0, 0.1) is 0 Å². The van der Waals surface area contributed by atoms with Crippen LogP contribution in [0.1, 0.15) is 54.4 Å². The normalized spacial score (nSPS) is 12.4. The van der Waals surface area contributed by atoms with Gasteiger partial charge in [-0.15, -0.1) is 0 Å². The minimum atomic E-state index is 0.0773. The maximum absolute atomic E-state index is 5.26. The Morgan fingerprint density at radius 2 is 1.21 bits per heavy atom. The summed E-state index contributed by atoms with van der Waals surface area (Å²) >= 11 is 5.26. The Labute approximate surface area is 93.8 Å². The van der Waals surface area contributed by atoms with Crippen LogP contribution in [0.4, 0.5) is 0 Å². The molecule has 14 heavy (non-hydrogen) atoms. The molecule has 0 spiro atoms. The first-order chi connectivity index (χ1) is 6.22. The summed E-state index contributed by atoms with van der Waals surface area (Å²) in [6.07, 6.45) is 2.11. The molecule has 0 aliphatic heterocycles. The van der Waals surface area contributed by atoms with Gasteiger partial charge in [-0.2, -0.15) is 0 Å². The van der Waals surface area contributed by atoms with Gasteiger partial charge in [-0.05, 0) is 52.8 Å². The molecule has 0 aromatic rings. The van der Waals surface area contributed by atoms with Gasteiger partial charge in [-0.1, -0.05) is 13.8 Å². The minimum Gasteiger partial charge on any atom is -0.358 e. The molecule has 0 saturated carbocycles. The van der Waals surface area contributed by atoms with Gasteiger partial charge in [0.15, 0.2) is 5.11 Å². The lowest BCUT2D eigenvalue weighted by molar-refractivity contribution is 0.408. The van der Waals surface area contributed by atoms with Gasteiger partial charge in [0.25, 0.3) is 0 Å². The fourth-order valence-corrected chi connectivity index (χ4v) is 1.38. The van der Waals surface area contributed by atoms with Crippen molar-refractivity contribution in [3.63, 3.8) is 0 Å². The Kier molecular flexibility index (Phi) is 4.85. The van der Waals surface area contributed by atoms with Crippen molar-refractivity contribution in [3.8, 4) is 0 Å². The van der Waals surface area contributed by atoms with Crippen LogP contribution < -0.4 is 10.6 Å². The monoisotopic (exact) mass is 216 g/mol. The third kappa shape index (κ3) is 5.43. The standard InChI is InChI=1S/C11H24N2S/c1-7-10(3,4)12-9(14)13-11(5,6)8-2/h7-8H2,1-6H3,(H2,12,13,14). The zero-order chi connectivity index (χ0) is 11.4. The summed E-state index contributed by atoms with van der Waals surface area (Å²) in [4.78, 5) is 0. The smallest absolute Gasteiger partial charge is 0.167 e. The number of rotatable bonds is 4. The van der Waals surface area contributed by atoms with Crippen molar-refractivity contribution < 1.29 is 0 Å². The largest absolute Gasteiger partial charge is 0.358 e. The molecule has 0 bridgehead atoms. The fraction of sp³-hybridized carbons (Fsp3) is 0.909. The summed E-state index contributed by atoms with van der Waals surface area (Å²) in [6, 6.07) is 0. The number of hydrogen-bond donors (Lipinski definition) is 2. The van der Waals surface area contributed by atoms with E-state index < -0.39 is 0 Å². The third-order valence-electron chi connectivity index (χ3n) is 2.67. The molecule has 3 heteroatoms. The summed E-state index contributed by atoms with van der Waals surface area (Å²) in [5.41, 5.74) is 0.155. The lowest BCUT2D eigenvalue weighted by Crippen LogP contribution is -2.53. The van der Waals surface area contributed by atoms with E-state index in [4.69, 9.17) is 12.2 Å². The maximum Gasteiger partial charge on any atom is 0.167 e. The highest BCUT2D eigenvalue weighted by molar-refractivity contribution is 7.80. The summed E-state index contributed by atoms with van der Waals surface area (Å²) in [7, 11) is 0. The molecule has 0 aromatic heterocycles. The molecule has 2 nitrogen and oxygen atoms in total. The quantitative estimate of drug-likeness (QED) is 0.707. The van der Waals surface area contributed by atoms with E-state index in [2.05, 4.69) is 52.2 Å². The summed E-state index contributed by atoms with van der Waals surface area (Å²) in [6.45, 7) is 12.9. The zero-order valence-corrected chi connectivity index (χ0v) is 11.1. The van der Waals surface area contributed by atoms with Crippen molar-refractivity contribution in [3.05, 3.63) is 0 Å². The van der Waals surface area contributed by atoms with Gasteiger partial charge in [-0.3, -0.25) is 0 Å². The first-order valence-corrected chi connectivity index (χ1v) is 5.73. The molecular formula is C11H24N2S.